The van der Waals surface area contributed by atoms with Crippen molar-refractivity contribution < 1.29 is 27.8 Å². The quantitative estimate of drug-likeness (QED) is 0.852. The molecule has 148 valence electrons. The summed E-state index contributed by atoms with van der Waals surface area (Å²) in [5, 5.41) is 13.6. The summed E-state index contributed by atoms with van der Waals surface area (Å²) in [5.74, 6) is 0. The van der Waals surface area contributed by atoms with E-state index in [2.05, 4.69) is 5.10 Å². The average molecular weight is 384 g/mol. The number of alkyl halides is 3. The number of rotatable bonds is 5. The highest BCUT2D eigenvalue weighted by Crippen LogP contribution is 2.43. The standard InChI is InChI=1S/C19H23F3N2O3/c1-18(13-4-3-5-14(8-13)19(20,21)22)6-7-27-17(10-18)16-9-15(11-25)23-24(16)12-26-2/h3-5,8-9,17,25H,6-7,10-12H2,1-2H3. The molecule has 3 rings (SSSR count). The highest BCUT2D eigenvalue weighted by atomic mass is 19.4. The van der Waals surface area contributed by atoms with Crippen LogP contribution in [-0.4, -0.2) is 28.6 Å². The molecule has 0 bridgehead atoms. The molecule has 1 aliphatic heterocycles. The van der Waals surface area contributed by atoms with Gasteiger partial charge in [0.2, 0.25) is 0 Å². The molecule has 5 nitrogen and oxygen atoms in total. The Morgan fingerprint density at radius 3 is 2.81 bits per heavy atom. The lowest BCUT2D eigenvalue weighted by molar-refractivity contribution is -0.137. The van der Waals surface area contributed by atoms with Gasteiger partial charge >= 0.3 is 6.18 Å². The van der Waals surface area contributed by atoms with E-state index in [9.17, 15) is 18.3 Å². The van der Waals surface area contributed by atoms with Crippen molar-refractivity contribution in [2.75, 3.05) is 13.7 Å². The Hall–Kier alpha value is -1.90. The van der Waals surface area contributed by atoms with Crippen LogP contribution in [-0.2, 0) is 34.4 Å². The molecule has 0 spiro atoms. The fraction of sp³-hybridized carbons (Fsp3) is 0.526. The molecule has 8 heteroatoms. The summed E-state index contributed by atoms with van der Waals surface area (Å²) in [7, 11) is 1.54. The first-order chi connectivity index (χ1) is 12.8. The Morgan fingerprint density at radius 1 is 1.37 bits per heavy atom. The van der Waals surface area contributed by atoms with Crippen LogP contribution in [0.1, 0.15) is 48.4 Å². The lowest BCUT2D eigenvalue weighted by atomic mass is 9.73. The SMILES string of the molecule is COCn1nc(CO)cc1C1CC(C)(c2cccc(C(F)(F)F)c2)CCO1. The summed E-state index contributed by atoms with van der Waals surface area (Å²) in [6.45, 7) is 2.38. The molecule has 1 fully saturated rings. The average Bonchev–Trinajstić information content (AvgIpc) is 3.05. The summed E-state index contributed by atoms with van der Waals surface area (Å²) >= 11 is 0. The second-order valence-corrected chi connectivity index (χ2v) is 7.09. The van der Waals surface area contributed by atoms with Crippen LogP contribution in [0.25, 0.3) is 0 Å². The summed E-state index contributed by atoms with van der Waals surface area (Å²) < 4.78 is 52.0. The lowest BCUT2D eigenvalue weighted by Crippen LogP contribution is -2.33. The molecule has 1 N–H and O–H groups in total. The van der Waals surface area contributed by atoms with Gasteiger partial charge in [0, 0.05) is 13.7 Å². The number of aliphatic hydroxyl groups is 1. The van der Waals surface area contributed by atoms with Crippen molar-refractivity contribution in [3.63, 3.8) is 0 Å². The second kappa shape index (κ2) is 7.61. The van der Waals surface area contributed by atoms with E-state index in [-0.39, 0.29) is 19.4 Å². The van der Waals surface area contributed by atoms with Crippen LogP contribution < -0.4 is 0 Å². The first-order valence-corrected chi connectivity index (χ1v) is 8.72. The van der Waals surface area contributed by atoms with Gasteiger partial charge in [-0.2, -0.15) is 18.3 Å². The van der Waals surface area contributed by atoms with Crippen LogP contribution in [0.3, 0.4) is 0 Å². The zero-order valence-corrected chi connectivity index (χ0v) is 15.3. The predicted molar refractivity (Wildman–Crippen MR) is 91.9 cm³/mol. The molecule has 2 heterocycles. The van der Waals surface area contributed by atoms with Crippen molar-refractivity contribution in [1.82, 2.24) is 9.78 Å². The molecule has 2 unspecified atom stereocenters. The maximum Gasteiger partial charge on any atom is 0.416 e. The number of ether oxygens (including phenoxy) is 2. The van der Waals surface area contributed by atoms with E-state index in [0.717, 1.165) is 11.8 Å². The summed E-state index contributed by atoms with van der Waals surface area (Å²) in [5.41, 5.74) is 0.781. The normalized spacial score (nSPS) is 23.6. The van der Waals surface area contributed by atoms with E-state index in [1.165, 1.54) is 12.1 Å². The topological polar surface area (TPSA) is 56.5 Å². The number of aromatic nitrogens is 2. The van der Waals surface area contributed by atoms with E-state index in [1.807, 2.05) is 6.92 Å². The van der Waals surface area contributed by atoms with Crippen LogP contribution in [0.15, 0.2) is 30.3 Å². The molecule has 1 aromatic heterocycles. The molecule has 1 aliphatic rings. The number of nitrogens with zero attached hydrogens (tertiary/aromatic N) is 2. The van der Waals surface area contributed by atoms with Gasteiger partial charge in [-0.3, -0.25) is 0 Å². The molecular formula is C19H23F3N2O3. The number of hydrogen-bond acceptors (Lipinski definition) is 4. The first kappa shape index (κ1) is 19.9. The molecule has 0 radical (unpaired) electrons. The van der Waals surface area contributed by atoms with Crippen molar-refractivity contribution in [3.05, 3.63) is 52.8 Å². The largest absolute Gasteiger partial charge is 0.416 e. The number of methoxy groups -OCH3 is 1. The monoisotopic (exact) mass is 384 g/mol. The highest BCUT2D eigenvalue weighted by Gasteiger charge is 2.38. The molecular weight excluding hydrogens is 361 g/mol. The third-order valence-corrected chi connectivity index (χ3v) is 5.10. The van der Waals surface area contributed by atoms with Gasteiger partial charge in [0.15, 0.2) is 0 Å². The van der Waals surface area contributed by atoms with Crippen molar-refractivity contribution in [2.24, 2.45) is 0 Å². The van der Waals surface area contributed by atoms with Gasteiger partial charge in [-0.25, -0.2) is 4.68 Å². The Balaban J connectivity index is 1.91. The van der Waals surface area contributed by atoms with E-state index in [4.69, 9.17) is 9.47 Å². The Labute approximate surface area is 155 Å². The van der Waals surface area contributed by atoms with Crippen LogP contribution in [0.2, 0.25) is 0 Å². The van der Waals surface area contributed by atoms with Crippen molar-refractivity contribution in [1.29, 1.82) is 0 Å². The summed E-state index contributed by atoms with van der Waals surface area (Å²) in [6.07, 6.45) is -3.59. The first-order valence-electron chi connectivity index (χ1n) is 8.72. The van der Waals surface area contributed by atoms with E-state index in [1.54, 1.807) is 23.9 Å². The molecule has 1 saturated heterocycles. The fourth-order valence-corrected chi connectivity index (χ4v) is 3.57. The summed E-state index contributed by atoms with van der Waals surface area (Å²) in [6, 6.07) is 7.26. The molecule has 2 aromatic rings. The molecule has 0 aliphatic carbocycles. The molecule has 2 atom stereocenters. The van der Waals surface area contributed by atoms with Gasteiger partial charge in [0.25, 0.3) is 0 Å². The van der Waals surface area contributed by atoms with E-state index >= 15 is 0 Å². The second-order valence-electron chi connectivity index (χ2n) is 7.09. The zero-order valence-electron chi connectivity index (χ0n) is 15.3. The zero-order chi connectivity index (χ0) is 19.7. The minimum absolute atomic E-state index is 0.204. The Bertz CT molecular complexity index is 791. The van der Waals surface area contributed by atoms with Gasteiger partial charge in [-0.1, -0.05) is 25.1 Å². The van der Waals surface area contributed by atoms with Crippen LogP contribution in [0.4, 0.5) is 13.2 Å². The molecule has 1 aromatic carbocycles. The Morgan fingerprint density at radius 2 is 2.15 bits per heavy atom. The van der Waals surface area contributed by atoms with Crippen molar-refractivity contribution in [3.8, 4) is 0 Å². The lowest BCUT2D eigenvalue weighted by Gasteiger charge is -2.39. The van der Waals surface area contributed by atoms with Gasteiger partial charge in [-0.05, 0) is 36.0 Å². The fourth-order valence-electron chi connectivity index (χ4n) is 3.57. The third kappa shape index (κ3) is 4.17. The van der Waals surface area contributed by atoms with Gasteiger partial charge < -0.3 is 14.6 Å². The number of halogens is 3. The van der Waals surface area contributed by atoms with E-state index < -0.39 is 17.2 Å². The number of aliphatic hydroxyl groups excluding tert-OH is 1. The third-order valence-electron chi connectivity index (χ3n) is 5.10. The molecule has 0 amide bonds. The van der Waals surface area contributed by atoms with Crippen LogP contribution >= 0.6 is 0 Å². The van der Waals surface area contributed by atoms with Crippen molar-refractivity contribution in [2.45, 2.75) is 50.8 Å². The minimum Gasteiger partial charge on any atom is -0.390 e. The number of benzene rings is 1. The van der Waals surface area contributed by atoms with Gasteiger partial charge in [-0.15, -0.1) is 0 Å². The maximum atomic E-state index is 13.1. The smallest absolute Gasteiger partial charge is 0.390 e. The van der Waals surface area contributed by atoms with Crippen LogP contribution in [0, 0.1) is 0 Å². The minimum atomic E-state index is -4.37. The van der Waals surface area contributed by atoms with Crippen LogP contribution in [0.5, 0.6) is 0 Å². The predicted octanol–water partition coefficient (Wildman–Crippen LogP) is 3.81. The summed E-state index contributed by atoms with van der Waals surface area (Å²) in [4.78, 5) is 0. The number of hydrogen-bond donors (Lipinski definition) is 1. The molecule has 27 heavy (non-hydrogen) atoms. The molecule has 0 saturated carbocycles. The van der Waals surface area contributed by atoms with E-state index in [0.29, 0.717) is 30.7 Å². The highest BCUT2D eigenvalue weighted by molar-refractivity contribution is 5.32. The van der Waals surface area contributed by atoms with Crippen molar-refractivity contribution >= 4 is 0 Å². The van der Waals surface area contributed by atoms with Gasteiger partial charge in [0.05, 0.1) is 23.6 Å². The maximum absolute atomic E-state index is 13.1. The van der Waals surface area contributed by atoms with Gasteiger partial charge in [0.1, 0.15) is 12.8 Å². The Kier molecular flexibility index (Phi) is 5.60.